The molecule has 0 amide bonds. The number of nitrogens with zero attached hydrogens (tertiary/aromatic N) is 2. The van der Waals surface area contributed by atoms with E-state index in [-0.39, 0.29) is 10.8 Å². The molecule has 18 heavy (non-hydrogen) atoms. The van der Waals surface area contributed by atoms with Crippen molar-refractivity contribution >= 4 is 27.7 Å². The fourth-order valence-corrected chi connectivity index (χ4v) is 3.01. The summed E-state index contributed by atoms with van der Waals surface area (Å²) in [7, 11) is 0. The molecule has 0 aliphatic rings. The van der Waals surface area contributed by atoms with Crippen molar-refractivity contribution < 1.29 is 0 Å². The summed E-state index contributed by atoms with van der Waals surface area (Å²) in [6.07, 6.45) is 0.873. The summed E-state index contributed by atoms with van der Waals surface area (Å²) in [5, 5.41) is 4.50. The molecule has 0 aromatic carbocycles. The Balaban J connectivity index is 2.67. The van der Waals surface area contributed by atoms with Gasteiger partial charge in [0.25, 0.3) is 0 Å². The largest absolute Gasteiger partial charge is 0.327 e. The molecule has 0 saturated heterocycles. The predicted octanol–water partition coefficient (Wildman–Crippen LogP) is 3.38. The molecule has 1 unspecified atom stereocenters. The van der Waals surface area contributed by atoms with E-state index in [0.717, 1.165) is 28.9 Å². The van der Waals surface area contributed by atoms with Crippen LogP contribution in [0.2, 0.25) is 0 Å². The number of hydrogen-bond donors (Lipinski definition) is 1. The Hall–Kier alpha value is -0.0000000000000000555. The topological polar surface area (TPSA) is 43.8 Å². The average Bonchev–Trinajstić information content (AvgIpc) is 2.53. The molecule has 0 bridgehead atoms. The molecule has 0 spiro atoms. The van der Waals surface area contributed by atoms with E-state index in [2.05, 4.69) is 48.7 Å². The minimum atomic E-state index is 0.173. The molecule has 104 valence electrons. The zero-order chi connectivity index (χ0) is 13.9. The van der Waals surface area contributed by atoms with Crippen LogP contribution in [-0.4, -0.2) is 26.3 Å². The Labute approximate surface area is 123 Å². The van der Waals surface area contributed by atoms with Gasteiger partial charge >= 0.3 is 0 Å². The van der Waals surface area contributed by atoms with Crippen LogP contribution in [-0.2, 0) is 13.0 Å². The maximum atomic E-state index is 6.23. The van der Waals surface area contributed by atoms with Crippen LogP contribution in [0.15, 0.2) is 4.47 Å². The predicted molar refractivity (Wildman–Crippen MR) is 84.2 cm³/mol. The molecule has 1 aromatic heterocycles. The Bertz CT molecular complexity index is 396. The lowest BCUT2D eigenvalue weighted by Gasteiger charge is -2.20. The van der Waals surface area contributed by atoms with Crippen molar-refractivity contribution in [1.29, 1.82) is 0 Å². The van der Waals surface area contributed by atoms with Gasteiger partial charge in [-0.1, -0.05) is 20.8 Å². The summed E-state index contributed by atoms with van der Waals surface area (Å²) in [6.45, 7) is 11.7. The summed E-state index contributed by atoms with van der Waals surface area (Å²) < 4.78 is 3.43. The molecule has 0 saturated carbocycles. The van der Waals surface area contributed by atoms with E-state index in [1.54, 1.807) is 0 Å². The van der Waals surface area contributed by atoms with Crippen LogP contribution in [0, 0.1) is 6.92 Å². The second kappa shape index (κ2) is 6.44. The maximum absolute atomic E-state index is 6.23. The van der Waals surface area contributed by atoms with Crippen LogP contribution >= 0.6 is 27.7 Å². The highest BCUT2D eigenvalue weighted by Gasteiger charge is 2.18. The molecule has 1 rings (SSSR count). The number of nitrogens with two attached hydrogens (primary N) is 1. The van der Waals surface area contributed by atoms with Gasteiger partial charge in [-0.3, -0.25) is 4.68 Å². The van der Waals surface area contributed by atoms with Crippen LogP contribution in [0.5, 0.6) is 0 Å². The SMILES string of the molecule is CCn1nc(C)c(Br)c1CC(N)CSC(C)(C)C. The van der Waals surface area contributed by atoms with Crippen molar-refractivity contribution in [3.05, 3.63) is 15.9 Å². The van der Waals surface area contributed by atoms with Crippen LogP contribution in [0.4, 0.5) is 0 Å². The zero-order valence-corrected chi connectivity index (χ0v) is 14.4. The van der Waals surface area contributed by atoms with Gasteiger partial charge < -0.3 is 5.73 Å². The first-order valence-electron chi connectivity index (χ1n) is 6.36. The van der Waals surface area contributed by atoms with Crippen molar-refractivity contribution in [3.8, 4) is 0 Å². The first-order chi connectivity index (χ1) is 8.24. The number of hydrogen-bond acceptors (Lipinski definition) is 3. The Kier molecular flexibility index (Phi) is 5.74. The van der Waals surface area contributed by atoms with E-state index in [9.17, 15) is 0 Å². The van der Waals surface area contributed by atoms with Gasteiger partial charge in [0.15, 0.2) is 0 Å². The third-order valence-electron chi connectivity index (χ3n) is 2.64. The van der Waals surface area contributed by atoms with E-state index in [4.69, 9.17) is 5.73 Å². The Morgan fingerprint density at radius 3 is 2.56 bits per heavy atom. The molecule has 1 atom stereocenters. The van der Waals surface area contributed by atoms with Gasteiger partial charge in [-0.05, 0) is 29.8 Å². The summed E-state index contributed by atoms with van der Waals surface area (Å²) in [5.41, 5.74) is 8.50. The van der Waals surface area contributed by atoms with Gasteiger partial charge in [-0.2, -0.15) is 16.9 Å². The van der Waals surface area contributed by atoms with Crippen LogP contribution < -0.4 is 5.73 Å². The smallest absolute Gasteiger partial charge is 0.0738 e. The summed E-state index contributed by atoms with van der Waals surface area (Å²) in [6, 6.07) is 0.173. The number of rotatable bonds is 5. The lowest BCUT2D eigenvalue weighted by atomic mass is 10.2. The monoisotopic (exact) mass is 333 g/mol. The van der Waals surface area contributed by atoms with Gasteiger partial charge in [-0.15, -0.1) is 0 Å². The first kappa shape index (κ1) is 16.1. The van der Waals surface area contributed by atoms with Gasteiger partial charge in [0.05, 0.1) is 15.9 Å². The fraction of sp³-hybridized carbons (Fsp3) is 0.769. The highest BCUT2D eigenvalue weighted by atomic mass is 79.9. The first-order valence-corrected chi connectivity index (χ1v) is 8.13. The maximum Gasteiger partial charge on any atom is 0.0738 e. The van der Waals surface area contributed by atoms with E-state index in [1.807, 2.05) is 23.4 Å². The van der Waals surface area contributed by atoms with Crippen molar-refractivity contribution in [2.75, 3.05) is 5.75 Å². The van der Waals surface area contributed by atoms with Crippen molar-refractivity contribution in [2.45, 2.75) is 58.4 Å². The zero-order valence-electron chi connectivity index (χ0n) is 12.0. The van der Waals surface area contributed by atoms with Crippen molar-refractivity contribution in [3.63, 3.8) is 0 Å². The highest BCUT2D eigenvalue weighted by molar-refractivity contribution is 9.10. The van der Waals surface area contributed by atoms with E-state index in [0.29, 0.717) is 0 Å². The lowest BCUT2D eigenvalue weighted by Crippen LogP contribution is -2.29. The Morgan fingerprint density at radius 2 is 2.06 bits per heavy atom. The molecule has 0 fully saturated rings. The number of aromatic nitrogens is 2. The molecule has 1 aromatic rings. The van der Waals surface area contributed by atoms with Crippen LogP contribution in [0.25, 0.3) is 0 Å². The van der Waals surface area contributed by atoms with E-state index < -0.39 is 0 Å². The molecule has 5 heteroatoms. The van der Waals surface area contributed by atoms with Crippen LogP contribution in [0.1, 0.15) is 39.1 Å². The molecular formula is C13H24BrN3S. The average molecular weight is 334 g/mol. The highest BCUT2D eigenvalue weighted by Crippen LogP contribution is 2.26. The molecule has 2 N–H and O–H groups in total. The molecular weight excluding hydrogens is 310 g/mol. The number of thioether (sulfide) groups is 1. The molecule has 1 heterocycles. The van der Waals surface area contributed by atoms with E-state index in [1.165, 1.54) is 5.69 Å². The quantitative estimate of drug-likeness (QED) is 0.898. The molecule has 0 radical (unpaired) electrons. The Morgan fingerprint density at radius 1 is 1.44 bits per heavy atom. The molecule has 0 aliphatic heterocycles. The summed E-state index contributed by atoms with van der Waals surface area (Å²) >= 11 is 5.53. The second-order valence-electron chi connectivity index (χ2n) is 5.55. The summed E-state index contributed by atoms with van der Waals surface area (Å²) in [4.78, 5) is 0. The third-order valence-corrected chi connectivity index (χ3v) is 5.13. The normalized spacial score (nSPS) is 13.9. The van der Waals surface area contributed by atoms with Gasteiger partial charge in [-0.25, -0.2) is 0 Å². The fourth-order valence-electron chi connectivity index (χ4n) is 1.73. The molecule has 3 nitrogen and oxygen atoms in total. The van der Waals surface area contributed by atoms with Crippen molar-refractivity contribution in [2.24, 2.45) is 5.73 Å². The minimum Gasteiger partial charge on any atom is -0.327 e. The van der Waals surface area contributed by atoms with E-state index >= 15 is 0 Å². The lowest BCUT2D eigenvalue weighted by molar-refractivity contribution is 0.592. The third kappa shape index (κ3) is 4.59. The van der Waals surface area contributed by atoms with Gasteiger partial charge in [0.2, 0.25) is 0 Å². The van der Waals surface area contributed by atoms with Crippen LogP contribution in [0.3, 0.4) is 0 Å². The second-order valence-corrected chi connectivity index (χ2v) is 8.19. The molecule has 0 aliphatic carbocycles. The summed E-state index contributed by atoms with van der Waals surface area (Å²) in [5.74, 6) is 0.976. The number of halogens is 1. The van der Waals surface area contributed by atoms with Gasteiger partial charge in [0.1, 0.15) is 0 Å². The standard InChI is InChI=1S/C13H24BrN3S/c1-6-17-11(12(14)9(2)16-17)7-10(15)8-18-13(3,4)5/h10H,6-8,15H2,1-5H3. The number of aryl methyl sites for hydroxylation is 2. The van der Waals surface area contributed by atoms with Crippen molar-refractivity contribution in [1.82, 2.24) is 9.78 Å². The van der Waals surface area contributed by atoms with Gasteiger partial charge in [0, 0.05) is 29.5 Å². The minimum absolute atomic E-state index is 0.173.